The van der Waals surface area contributed by atoms with E-state index in [9.17, 15) is 22.8 Å². The van der Waals surface area contributed by atoms with Crippen LogP contribution in [0.3, 0.4) is 0 Å². The minimum atomic E-state index is -4.44. The van der Waals surface area contributed by atoms with Crippen LogP contribution in [0.15, 0.2) is 48.5 Å². The fourth-order valence-corrected chi connectivity index (χ4v) is 3.54. The van der Waals surface area contributed by atoms with Crippen LogP contribution in [0.4, 0.5) is 18.9 Å². The van der Waals surface area contributed by atoms with Crippen molar-refractivity contribution in [2.45, 2.75) is 38.8 Å². The maximum Gasteiger partial charge on any atom is 0.416 e. The summed E-state index contributed by atoms with van der Waals surface area (Å²) < 4.78 is 43.9. The molecule has 2 aromatic rings. The zero-order chi connectivity index (χ0) is 23.3. The van der Waals surface area contributed by atoms with Gasteiger partial charge in [-0.2, -0.15) is 13.2 Å². The predicted molar refractivity (Wildman–Crippen MR) is 114 cm³/mol. The molecule has 3 rings (SSSR count). The smallest absolute Gasteiger partial charge is 0.376 e. The highest BCUT2D eigenvalue weighted by Crippen LogP contribution is 2.30. The van der Waals surface area contributed by atoms with Crippen LogP contribution in [0, 0.1) is 0 Å². The molecule has 6 nitrogen and oxygen atoms in total. The van der Waals surface area contributed by atoms with Crippen molar-refractivity contribution in [1.82, 2.24) is 10.2 Å². The molecule has 1 heterocycles. The molecule has 2 amide bonds. The maximum atomic E-state index is 12.8. The van der Waals surface area contributed by atoms with Crippen LogP contribution in [0.25, 0.3) is 0 Å². The predicted octanol–water partition coefficient (Wildman–Crippen LogP) is 3.68. The lowest BCUT2D eigenvalue weighted by atomic mass is 10.1. The average molecular weight is 449 g/mol. The number of rotatable bonds is 6. The van der Waals surface area contributed by atoms with Gasteiger partial charge < -0.3 is 20.3 Å². The lowest BCUT2D eigenvalue weighted by Crippen LogP contribution is -2.48. The fraction of sp³-hybridized carbons (Fsp3) is 0.391. The number of ether oxygens (including phenoxy) is 1. The second kappa shape index (κ2) is 10.0. The van der Waals surface area contributed by atoms with E-state index in [0.717, 1.165) is 17.7 Å². The summed E-state index contributed by atoms with van der Waals surface area (Å²) in [4.78, 5) is 26.5. The van der Waals surface area contributed by atoms with Gasteiger partial charge in [-0.05, 0) is 49.7 Å². The van der Waals surface area contributed by atoms with E-state index < -0.39 is 11.7 Å². The second-order valence-electron chi connectivity index (χ2n) is 7.87. The maximum absolute atomic E-state index is 12.8. The highest BCUT2D eigenvalue weighted by Gasteiger charge is 2.30. The Morgan fingerprint density at radius 3 is 2.34 bits per heavy atom. The minimum absolute atomic E-state index is 0.0123. The Hall–Kier alpha value is -3.07. The van der Waals surface area contributed by atoms with Gasteiger partial charge in [0.05, 0.1) is 24.3 Å². The number of carbonyl (C=O) groups is 2. The van der Waals surface area contributed by atoms with Crippen LogP contribution in [-0.4, -0.2) is 48.6 Å². The third kappa shape index (κ3) is 6.46. The molecule has 0 spiro atoms. The summed E-state index contributed by atoms with van der Waals surface area (Å²) in [6.45, 7) is 5.03. The lowest BCUT2D eigenvalue weighted by Gasteiger charge is -2.35. The quantitative estimate of drug-likeness (QED) is 0.706. The fourth-order valence-electron chi connectivity index (χ4n) is 3.54. The SMILES string of the molecule is CC1CN(C(=O)c2ccc(CNC(=O)CNc3cccc(C(F)(F)F)c3)cc2)CC(C)O1. The number of halogens is 3. The molecule has 0 saturated carbocycles. The molecule has 2 unspecified atom stereocenters. The Balaban J connectivity index is 1.48. The molecule has 1 fully saturated rings. The van der Waals surface area contributed by atoms with E-state index in [4.69, 9.17) is 4.74 Å². The van der Waals surface area contributed by atoms with Crippen LogP contribution in [0.1, 0.15) is 35.3 Å². The van der Waals surface area contributed by atoms with Gasteiger partial charge in [-0.1, -0.05) is 18.2 Å². The summed E-state index contributed by atoms with van der Waals surface area (Å²) in [5.41, 5.74) is 0.799. The van der Waals surface area contributed by atoms with Crippen molar-refractivity contribution < 1.29 is 27.5 Å². The number of hydrogen-bond acceptors (Lipinski definition) is 4. The van der Waals surface area contributed by atoms with E-state index in [1.807, 2.05) is 13.8 Å². The van der Waals surface area contributed by atoms with E-state index in [1.165, 1.54) is 12.1 Å². The van der Waals surface area contributed by atoms with Gasteiger partial charge in [-0.25, -0.2) is 0 Å². The molecular formula is C23H26F3N3O3. The number of anilines is 1. The van der Waals surface area contributed by atoms with Gasteiger partial charge in [-0.15, -0.1) is 0 Å². The molecule has 0 radical (unpaired) electrons. The third-order valence-corrected chi connectivity index (χ3v) is 5.04. The van der Waals surface area contributed by atoms with Crippen LogP contribution >= 0.6 is 0 Å². The highest BCUT2D eigenvalue weighted by atomic mass is 19.4. The van der Waals surface area contributed by atoms with Crippen molar-refractivity contribution in [2.24, 2.45) is 0 Å². The first-order chi connectivity index (χ1) is 15.1. The van der Waals surface area contributed by atoms with Crippen molar-refractivity contribution in [1.29, 1.82) is 0 Å². The first-order valence-electron chi connectivity index (χ1n) is 10.3. The molecule has 2 N–H and O–H groups in total. The standard InChI is InChI=1S/C23H26F3N3O3/c1-15-13-29(14-16(2)32-15)22(31)18-8-6-17(7-9-18)11-28-21(30)12-27-20-5-3-4-19(10-20)23(24,25)26/h3-10,15-16,27H,11-14H2,1-2H3,(H,28,30). The summed E-state index contributed by atoms with van der Waals surface area (Å²) in [6.07, 6.45) is -4.46. The molecule has 0 bridgehead atoms. The van der Waals surface area contributed by atoms with Gasteiger partial charge in [0, 0.05) is 30.9 Å². The van der Waals surface area contributed by atoms with Gasteiger partial charge in [-0.3, -0.25) is 9.59 Å². The largest absolute Gasteiger partial charge is 0.416 e. The van der Waals surface area contributed by atoms with E-state index in [0.29, 0.717) is 18.7 Å². The van der Waals surface area contributed by atoms with Crippen LogP contribution in [0.2, 0.25) is 0 Å². The molecule has 172 valence electrons. The second-order valence-corrected chi connectivity index (χ2v) is 7.87. The molecule has 0 aliphatic carbocycles. The normalized spacial score (nSPS) is 18.8. The minimum Gasteiger partial charge on any atom is -0.376 e. The Labute approximate surface area is 184 Å². The first kappa shape index (κ1) is 23.6. The van der Waals surface area contributed by atoms with Crippen molar-refractivity contribution in [3.05, 3.63) is 65.2 Å². The van der Waals surface area contributed by atoms with Crippen molar-refractivity contribution in [2.75, 3.05) is 25.0 Å². The van der Waals surface area contributed by atoms with Gasteiger partial charge >= 0.3 is 6.18 Å². The monoisotopic (exact) mass is 449 g/mol. The first-order valence-corrected chi connectivity index (χ1v) is 10.3. The van der Waals surface area contributed by atoms with Crippen LogP contribution in [-0.2, 0) is 22.3 Å². The zero-order valence-corrected chi connectivity index (χ0v) is 17.9. The molecule has 1 saturated heterocycles. The van der Waals surface area contributed by atoms with Crippen molar-refractivity contribution >= 4 is 17.5 Å². The molecule has 1 aliphatic heterocycles. The third-order valence-electron chi connectivity index (χ3n) is 5.04. The van der Waals surface area contributed by atoms with Gasteiger partial charge in [0.25, 0.3) is 5.91 Å². The Kier molecular flexibility index (Phi) is 7.40. The van der Waals surface area contributed by atoms with E-state index in [1.54, 1.807) is 29.2 Å². The lowest BCUT2D eigenvalue weighted by molar-refractivity contribution is -0.137. The molecule has 9 heteroatoms. The van der Waals surface area contributed by atoms with Crippen molar-refractivity contribution in [3.63, 3.8) is 0 Å². The van der Waals surface area contributed by atoms with E-state index in [2.05, 4.69) is 10.6 Å². The number of alkyl halides is 3. The number of amides is 2. The van der Waals surface area contributed by atoms with Gasteiger partial charge in [0.15, 0.2) is 0 Å². The highest BCUT2D eigenvalue weighted by molar-refractivity contribution is 5.94. The van der Waals surface area contributed by atoms with Gasteiger partial charge in [0.2, 0.25) is 5.91 Å². The number of nitrogens with zero attached hydrogens (tertiary/aromatic N) is 1. The molecule has 1 aliphatic rings. The Morgan fingerprint density at radius 1 is 1.06 bits per heavy atom. The molecule has 2 aromatic carbocycles. The number of morpholine rings is 1. The number of nitrogens with one attached hydrogen (secondary N) is 2. The van der Waals surface area contributed by atoms with Crippen LogP contribution in [0.5, 0.6) is 0 Å². The number of benzene rings is 2. The topological polar surface area (TPSA) is 70.7 Å². The number of carbonyl (C=O) groups excluding carboxylic acids is 2. The Morgan fingerprint density at radius 2 is 1.72 bits per heavy atom. The van der Waals surface area contributed by atoms with E-state index in [-0.39, 0.29) is 42.8 Å². The van der Waals surface area contributed by atoms with Crippen molar-refractivity contribution in [3.8, 4) is 0 Å². The molecular weight excluding hydrogens is 423 g/mol. The zero-order valence-electron chi connectivity index (χ0n) is 17.9. The average Bonchev–Trinajstić information content (AvgIpc) is 2.75. The Bertz CT molecular complexity index is 937. The van der Waals surface area contributed by atoms with Gasteiger partial charge in [0.1, 0.15) is 0 Å². The molecule has 0 aromatic heterocycles. The summed E-state index contributed by atoms with van der Waals surface area (Å²) in [6, 6.07) is 11.6. The number of hydrogen-bond donors (Lipinski definition) is 2. The summed E-state index contributed by atoms with van der Waals surface area (Å²) in [5.74, 6) is -0.424. The summed E-state index contributed by atoms with van der Waals surface area (Å²) in [5, 5.41) is 5.39. The molecule has 32 heavy (non-hydrogen) atoms. The van der Waals surface area contributed by atoms with Crippen LogP contribution < -0.4 is 10.6 Å². The molecule has 2 atom stereocenters. The summed E-state index contributed by atoms with van der Waals surface area (Å²) >= 11 is 0. The summed E-state index contributed by atoms with van der Waals surface area (Å²) in [7, 11) is 0. The van der Waals surface area contributed by atoms with E-state index >= 15 is 0 Å².